The number of likely N-dealkylation sites (tertiary alicyclic amines) is 1. The lowest BCUT2D eigenvalue weighted by Crippen LogP contribution is -2.42. The van der Waals surface area contributed by atoms with E-state index in [9.17, 15) is 9.90 Å². The molecule has 1 amide bonds. The monoisotopic (exact) mass is 278 g/mol. The highest BCUT2D eigenvalue weighted by Gasteiger charge is 2.27. The van der Waals surface area contributed by atoms with Crippen LogP contribution in [0.2, 0.25) is 0 Å². The lowest BCUT2D eigenvalue weighted by molar-refractivity contribution is 0.0478. The van der Waals surface area contributed by atoms with Gasteiger partial charge in [0.15, 0.2) is 0 Å². The molecule has 3 heterocycles. The number of nitrogens with zero attached hydrogens (tertiary/aromatic N) is 3. The quantitative estimate of drug-likeness (QED) is 0.807. The molecule has 3 N–H and O–H groups in total. The van der Waals surface area contributed by atoms with E-state index in [1.54, 1.807) is 17.3 Å². The molecule has 3 rings (SSSR count). The van der Waals surface area contributed by atoms with Crippen molar-refractivity contribution in [1.82, 2.24) is 14.9 Å². The Balaban J connectivity index is 1.95. The predicted octanol–water partition coefficient (Wildman–Crippen LogP) is 0.870. The van der Waals surface area contributed by atoms with Gasteiger partial charge in [-0.2, -0.15) is 0 Å². The zero-order valence-electron chi connectivity index (χ0n) is 10.2. The summed E-state index contributed by atoms with van der Waals surface area (Å²) < 4.78 is 0. The molecule has 7 heteroatoms. The maximum atomic E-state index is 12.4. The summed E-state index contributed by atoms with van der Waals surface area (Å²) in [6.07, 6.45) is 4.26. The van der Waals surface area contributed by atoms with Gasteiger partial charge in [0.2, 0.25) is 0 Å². The van der Waals surface area contributed by atoms with Gasteiger partial charge in [-0.3, -0.25) is 4.79 Å². The highest BCUT2D eigenvalue weighted by molar-refractivity contribution is 7.21. The Morgan fingerprint density at radius 2 is 2.26 bits per heavy atom. The molecule has 6 nitrogen and oxygen atoms in total. The van der Waals surface area contributed by atoms with Crippen molar-refractivity contribution in [3.05, 3.63) is 17.3 Å². The van der Waals surface area contributed by atoms with Gasteiger partial charge in [-0.15, -0.1) is 11.3 Å². The minimum atomic E-state index is -0.440. The Kier molecular flexibility index (Phi) is 3.08. The first-order valence-corrected chi connectivity index (χ1v) is 6.95. The van der Waals surface area contributed by atoms with Crippen LogP contribution in [-0.2, 0) is 0 Å². The number of carbonyl (C=O) groups excluding carboxylic acids is 1. The summed E-state index contributed by atoms with van der Waals surface area (Å²) in [5, 5.41) is 9.64. The second-order valence-electron chi connectivity index (χ2n) is 4.60. The zero-order chi connectivity index (χ0) is 13.4. The van der Waals surface area contributed by atoms with E-state index in [0.717, 1.165) is 12.8 Å². The number of piperidine rings is 1. The minimum absolute atomic E-state index is 0.138. The molecular formula is C12H14N4O2S. The summed E-state index contributed by atoms with van der Waals surface area (Å²) in [6.45, 7) is 1.03. The number of aliphatic hydroxyl groups excluding tert-OH is 1. The van der Waals surface area contributed by atoms with E-state index < -0.39 is 6.10 Å². The molecule has 0 saturated carbocycles. The smallest absolute Gasteiger partial charge is 0.266 e. The van der Waals surface area contributed by atoms with Crippen LogP contribution in [0.4, 0.5) is 5.69 Å². The number of amides is 1. The van der Waals surface area contributed by atoms with E-state index in [1.807, 2.05) is 0 Å². The molecule has 0 bridgehead atoms. The highest BCUT2D eigenvalue weighted by atomic mass is 32.1. The van der Waals surface area contributed by atoms with Gasteiger partial charge in [0.1, 0.15) is 15.2 Å². The normalized spacial score (nSPS) is 19.8. The molecule has 0 aromatic carbocycles. The van der Waals surface area contributed by atoms with Crippen molar-refractivity contribution in [3.63, 3.8) is 0 Å². The second kappa shape index (κ2) is 4.75. The van der Waals surface area contributed by atoms with Crippen LogP contribution in [0, 0.1) is 0 Å². The average molecular weight is 278 g/mol. The van der Waals surface area contributed by atoms with Crippen molar-refractivity contribution in [2.45, 2.75) is 18.9 Å². The number of carbonyl (C=O) groups is 1. The molecule has 19 heavy (non-hydrogen) atoms. The summed E-state index contributed by atoms with van der Waals surface area (Å²) in [6, 6.07) is 0. The Hall–Kier alpha value is -1.73. The predicted molar refractivity (Wildman–Crippen MR) is 73.0 cm³/mol. The number of nitrogens with two attached hydrogens (primary N) is 1. The molecule has 100 valence electrons. The third-order valence-corrected chi connectivity index (χ3v) is 4.33. The van der Waals surface area contributed by atoms with E-state index in [1.165, 1.54) is 11.3 Å². The van der Waals surface area contributed by atoms with Crippen molar-refractivity contribution in [3.8, 4) is 0 Å². The summed E-state index contributed by atoms with van der Waals surface area (Å²) in [4.78, 5) is 23.5. The summed E-state index contributed by atoms with van der Waals surface area (Å²) >= 11 is 1.26. The standard InChI is InChI=1S/C12H14N4O2S/c13-8-9-11(15-4-3-14-9)19-10(8)12(18)16-5-1-2-7(17)6-16/h3-4,7,17H,1-2,5-6,13H2. The highest BCUT2D eigenvalue weighted by Crippen LogP contribution is 2.31. The van der Waals surface area contributed by atoms with Crippen LogP contribution in [0.15, 0.2) is 12.4 Å². The van der Waals surface area contributed by atoms with E-state index in [4.69, 9.17) is 5.73 Å². The van der Waals surface area contributed by atoms with Crippen LogP contribution in [-0.4, -0.2) is 45.1 Å². The van der Waals surface area contributed by atoms with Gasteiger partial charge < -0.3 is 15.7 Å². The number of nitrogen functional groups attached to an aromatic ring is 1. The first-order valence-electron chi connectivity index (χ1n) is 6.13. The van der Waals surface area contributed by atoms with Crippen molar-refractivity contribution in [2.75, 3.05) is 18.8 Å². The molecule has 1 fully saturated rings. The maximum absolute atomic E-state index is 12.4. The summed E-state index contributed by atoms with van der Waals surface area (Å²) in [7, 11) is 0. The third kappa shape index (κ3) is 2.15. The van der Waals surface area contributed by atoms with Gasteiger partial charge in [-0.1, -0.05) is 0 Å². The Morgan fingerprint density at radius 1 is 1.47 bits per heavy atom. The van der Waals surface area contributed by atoms with Gasteiger partial charge in [0.25, 0.3) is 5.91 Å². The first-order chi connectivity index (χ1) is 9.16. The molecule has 2 aromatic rings. The van der Waals surface area contributed by atoms with E-state index in [-0.39, 0.29) is 5.91 Å². The van der Waals surface area contributed by atoms with E-state index >= 15 is 0 Å². The number of aromatic nitrogens is 2. The van der Waals surface area contributed by atoms with Crippen molar-refractivity contribution in [2.24, 2.45) is 0 Å². The number of hydrogen-bond donors (Lipinski definition) is 2. The Bertz CT molecular complexity index is 627. The van der Waals surface area contributed by atoms with E-state index in [0.29, 0.717) is 34.0 Å². The van der Waals surface area contributed by atoms with Gasteiger partial charge in [-0.05, 0) is 12.8 Å². The number of fused-ring (bicyclic) bond motifs is 1. The third-order valence-electron chi connectivity index (χ3n) is 3.24. The molecular weight excluding hydrogens is 264 g/mol. The molecule has 1 atom stereocenters. The molecule has 1 saturated heterocycles. The molecule has 1 aliphatic rings. The van der Waals surface area contributed by atoms with Gasteiger partial charge in [0.05, 0.1) is 11.8 Å². The number of anilines is 1. The largest absolute Gasteiger partial charge is 0.396 e. The first kappa shape index (κ1) is 12.3. The number of rotatable bonds is 1. The fraction of sp³-hybridized carbons (Fsp3) is 0.417. The molecule has 1 unspecified atom stereocenters. The molecule has 0 aliphatic carbocycles. The number of hydrogen-bond acceptors (Lipinski definition) is 6. The van der Waals surface area contributed by atoms with Crippen LogP contribution in [0.3, 0.4) is 0 Å². The number of aliphatic hydroxyl groups is 1. The maximum Gasteiger partial charge on any atom is 0.266 e. The van der Waals surface area contributed by atoms with Crippen LogP contribution >= 0.6 is 11.3 Å². The number of β-amino-alcohol motifs (C(OH)–C–C–N with tert-alkyl or cyclic N) is 1. The van der Waals surface area contributed by atoms with Gasteiger partial charge in [0, 0.05) is 25.5 Å². The van der Waals surface area contributed by atoms with Crippen LogP contribution in [0.25, 0.3) is 10.3 Å². The van der Waals surface area contributed by atoms with Crippen molar-refractivity contribution >= 4 is 33.3 Å². The van der Waals surface area contributed by atoms with Crippen LogP contribution < -0.4 is 5.73 Å². The average Bonchev–Trinajstić information content (AvgIpc) is 2.76. The van der Waals surface area contributed by atoms with Crippen LogP contribution in [0.5, 0.6) is 0 Å². The lowest BCUT2D eigenvalue weighted by atomic mass is 10.1. The van der Waals surface area contributed by atoms with Crippen LogP contribution in [0.1, 0.15) is 22.5 Å². The topological polar surface area (TPSA) is 92.3 Å². The Morgan fingerprint density at radius 3 is 3.00 bits per heavy atom. The molecule has 1 aliphatic heterocycles. The molecule has 0 spiro atoms. The van der Waals surface area contributed by atoms with Gasteiger partial charge >= 0.3 is 0 Å². The fourth-order valence-electron chi connectivity index (χ4n) is 2.29. The minimum Gasteiger partial charge on any atom is -0.396 e. The van der Waals surface area contributed by atoms with E-state index in [2.05, 4.69) is 9.97 Å². The second-order valence-corrected chi connectivity index (χ2v) is 5.60. The van der Waals surface area contributed by atoms with Crippen molar-refractivity contribution < 1.29 is 9.90 Å². The Labute approximate surface area is 113 Å². The molecule has 0 radical (unpaired) electrons. The fourth-order valence-corrected chi connectivity index (χ4v) is 3.27. The summed E-state index contributed by atoms with van der Waals surface area (Å²) in [5.41, 5.74) is 6.94. The molecule has 2 aromatic heterocycles. The van der Waals surface area contributed by atoms with Gasteiger partial charge in [-0.25, -0.2) is 9.97 Å². The SMILES string of the molecule is Nc1c(C(=O)N2CCCC(O)C2)sc2nccnc12. The van der Waals surface area contributed by atoms with Crippen molar-refractivity contribution in [1.29, 1.82) is 0 Å². The lowest BCUT2D eigenvalue weighted by Gasteiger charge is -2.29. The number of thiophene rings is 1. The zero-order valence-corrected chi connectivity index (χ0v) is 11.1. The summed E-state index contributed by atoms with van der Waals surface area (Å²) in [5.74, 6) is -0.138.